The van der Waals surface area contributed by atoms with E-state index in [1.54, 1.807) is 17.1 Å². The van der Waals surface area contributed by atoms with Crippen LogP contribution in [0.5, 0.6) is 0 Å². The highest BCUT2D eigenvalue weighted by molar-refractivity contribution is 6.05. The van der Waals surface area contributed by atoms with Crippen molar-refractivity contribution < 1.29 is 29.0 Å². The summed E-state index contributed by atoms with van der Waals surface area (Å²) < 4.78 is 12.2. The number of aliphatic hydroxyl groups is 1. The number of carbonyl (C=O) groups is 3. The molecule has 218 valence electrons. The molecule has 1 aromatic carbocycles. The van der Waals surface area contributed by atoms with Crippen molar-refractivity contribution in [2.24, 2.45) is 11.8 Å². The SMILES string of the molecule is C=CCCCOC(=O)[C@@H]1[C@H]2C(=O)N(CCO)C(C(=O)N(CC=C)c3ccc(N(CC)CC)cc3)C23CC[C@@]1(C)O3. The predicted octanol–water partition coefficient (Wildman–Crippen LogP) is 3.32. The molecular weight excluding hydrogens is 510 g/mol. The van der Waals surface area contributed by atoms with Crippen LogP contribution in [-0.2, 0) is 23.9 Å². The molecule has 2 bridgehead atoms. The summed E-state index contributed by atoms with van der Waals surface area (Å²) >= 11 is 0. The number of β-amino-alcohol motifs (C(OH)–C–C–N with tert-alkyl or cyclic N) is 1. The molecule has 3 fully saturated rings. The molecule has 2 unspecified atom stereocenters. The fraction of sp³-hybridized carbons (Fsp3) is 0.581. The molecule has 9 nitrogen and oxygen atoms in total. The number of unbranched alkanes of at least 4 members (excludes halogenated alkanes) is 1. The lowest BCUT2D eigenvalue weighted by molar-refractivity contribution is -0.159. The minimum atomic E-state index is -1.18. The summed E-state index contributed by atoms with van der Waals surface area (Å²) in [6.45, 7) is 15.4. The van der Waals surface area contributed by atoms with Crippen LogP contribution in [0, 0.1) is 11.8 Å². The highest BCUT2D eigenvalue weighted by atomic mass is 16.6. The zero-order chi connectivity index (χ0) is 29.1. The first kappa shape index (κ1) is 29.8. The van der Waals surface area contributed by atoms with Crippen molar-refractivity contribution in [1.29, 1.82) is 0 Å². The van der Waals surface area contributed by atoms with Gasteiger partial charge < -0.3 is 29.3 Å². The number of likely N-dealkylation sites (tertiary alicyclic amines) is 1. The summed E-state index contributed by atoms with van der Waals surface area (Å²) in [4.78, 5) is 47.0. The Hall–Kier alpha value is -3.17. The molecule has 4 rings (SSSR count). The third-order valence-corrected chi connectivity index (χ3v) is 8.77. The first-order valence-corrected chi connectivity index (χ1v) is 14.4. The number of hydrogen-bond donors (Lipinski definition) is 1. The van der Waals surface area contributed by atoms with Crippen LogP contribution in [0.25, 0.3) is 0 Å². The van der Waals surface area contributed by atoms with E-state index < -0.39 is 35.0 Å². The molecule has 2 amide bonds. The Balaban J connectivity index is 1.68. The quantitative estimate of drug-likeness (QED) is 0.214. The number of amides is 2. The summed E-state index contributed by atoms with van der Waals surface area (Å²) in [7, 11) is 0. The van der Waals surface area contributed by atoms with Gasteiger partial charge in [-0.1, -0.05) is 12.2 Å². The van der Waals surface area contributed by atoms with E-state index in [9.17, 15) is 19.5 Å². The standard InChI is InChI=1S/C31H43N3O6/c1-6-10-11-21-39-29(38)25-24-27(36)34(19-20-35)26(31(24)17-16-30(25,5)40-31)28(37)33(18-7-2)23-14-12-22(13-15-23)32(8-3)9-4/h6-7,12-15,24-26,35H,1-2,8-11,16-21H2,3-5H3/t24-,25-,26?,30+,31?/m0/s1. The molecule has 0 radical (unpaired) electrons. The van der Waals surface area contributed by atoms with Gasteiger partial charge in [0.15, 0.2) is 0 Å². The number of rotatable bonds is 14. The number of anilines is 2. The number of allylic oxidation sites excluding steroid dienone is 1. The summed E-state index contributed by atoms with van der Waals surface area (Å²) in [5, 5.41) is 9.87. The molecule has 3 heterocycles. The Bertz CT molecular complexity index is 1120. The molecule has 0 aliphatic carbocycles. The third kappa shape index (κ3) is 4.94. The highest BCUT2D eigenvalue weighted by Gasteiger charge is 2.78. The molecule has 1 spiro atoms. The molecule has 9 heteroatoms. The maximum Gasteiger partial charge on any atom is 0.312 e. The van der Waals surface area contributed by atoms with Crippen molar-refractivity contribution in [3.8, 4) is 0 Å². The maximum absolute atomic E-state index is 14.4. The average molecular weight is 554 g/mol. The molecule has 3 saturated heterocycles. The van der Waals surface area contributed by atoms with Gasteiger partial charge in [0.1, 0.15) is 17.6 Å². The maximum atomic E-state index is 14.4. The van der Waals surface area contributed by atoms with Crippen LogP contribution in [0.4, 0.5) is 11.4 Å². The van der Waals surface area contributed by atoms with E-state index in [2.05, 4.69) is 31.9 Å². The average Bonchev–Trinajstić information content (AvgIpc) is 3.51. The van der Waals surface area contributed by atoms with Gasteiger partial charge in [-0.05, 0) is 70.7 Å². The van der Waals surface area contributed by atoms with E-state index in [1.807, 2.05) is 31.2 Å². The van der Waals surface area contributed by atoms with Gasteiger partial charge in [-0.2, -0.15) is 0 Å². The Labute approximate surface area is 237 Å². The smallest absolute Gasteiger partial charge is 0.312 e. The Morgan fingerprint density at radius 1 is 1.15 bits per heavy atom. The minimum Gasteiger partial charge on any atom is -0.465 e. The van der Waals surface area contributed by atoms with Crippen molar-refractivity contribution >= 4 is 29.2 Å². The second kappa shape index (κ2) is 12.1. The first-order valence-electron chi connectivity index (χ1n) is 14.4. The number of ether oxygens (including phenoxy) is 2. The van der Waals surface area contributed by atoms with Crippen LogP contribution in [0.2, 0.25) is 0 Å². The Morgan fingerprint density at radius 3 is 2.42 bits per heavy atom. The molecule has 1 aromatic rings. The lowest BCUT2D eigenvalue weighted by Crippen LogP contribution is -2.56. The van der Waals surface area contributed by atoms with Crippen molar-refractivity contribution in [2.75, 3.05) is 49.2 Å². The monoisotopic (exact) mass is 553 g/mol. The Kier molecular flexibility index (Phi) is 9.05. The van der Waals surface area contributed by atoms with E-state index >= 15 is 0 Å². The van der Waals surface area contributed by atoms with Crippen molar-refractivity contribution in [3.05, 3.63) is 49.6 Å². The van der Waals surface area contributed by atoms with Crippen LogP contribution in [0.1, 0.15) is 46.5 Å². The largest absolute Gasteiger partial charge is 0.465 e. The second-order valence-corrected chi connectivity index (χ2v) is 11.0. The van der Waals surface area contributed by atoms with Crippen LogP contribution in [0.15, 0.2) is 49.6 Å². The summed E-state index contributed by atoms with van der Waals surface area (Å²) in [5.41, 5.74) is -0.358. The number of carbonyl (C=O) groups excluding carboxylic acids is 3. The normalized spacial score (nSPS) is 28.4. The number of benzene rings is 1. The molecule has 0 aromatic heterocycles. The number of nitrogens with zero attached hydrogens (tertiary/aromatic N) is 3. The van der Waals surface area contributed by atoms with Gasteiger partial charge in [0.25, 0.3) is 5.91 Å². The van der Waals surface area contributed by atoms with Gasteiger partial charge in [0.05, 0.1) is 24.7 Å². The zero-order valence-corrected chi connectivity index (χ0v) is 24.0. The van der Waals surface area contributed by atoms with Gasteiger partial charge in [-0.3, -0.25) is 14.4 Å². The van der Waals surface area contributed by atoms with Crippen LogP contribution < -0.4 is 9.80 Å². The van der Waals surface area contributed by atoms with E-state index in [4.69, 9.17) is 9.47 Å². The predicted molar refractivity (Wildman–Crippen MR) is 154 cm³/mol. The highest BCUT2D eigenvalue weighted by Crippen LogP contribution is 2.63. The van der Waals surface area contributed by atoms with E-state index in [-0.39, 0.29) is 38.1 Å². The van der Waals surface area contributed by atoms with Crippen LogP contribution >= 0.6 is 0 Å². The van der Waals surface area contributed by atoms with Crippen molar-refractivity contribution in [3.63, 3.8) is 0 Å². The number of aliphatic hydroxyl groups excluding tert-OH is 1. The van der Waals surface area contributed by atoms with Gasteiger partial charge in [0, 0.05) is 37.6 Å². The molecular formula is C31H43N3O6. The fourth-order valence-electron chi connectivity index (χ4n) is 6.93. The molecule has 0 saturated carbocycles. The number of hydrogen-bond acceptors (Lipinski definition) is 7. The summed E-state index contributed by atoms with van der Waals surface area (Å²) in [5.74, 6) is -2.81. The minimum absolute atomic E-state index is 0.0303. The fourth-order valence-corrected chi connectivity index (χ4v) is 6.93. The van der Waals surface area contributed by atoms with Crippen LogP contribution in [-0.4, -0.2) is 84.4 Å². The van der Waals surface area contributed by atoms with E-state index in [1.165, 1.54) is 4.90 Å². The van der Waals surface area contributed by atoms with Crippen molar-refractivity contribution in [2.45, 2.75) is 63.7 Å². The molecule has 3 aliphatic heterocycles. The summed E-state index contributed by atoms with van der Waals surface area (Å²) in [6, 6.07) is 6.77. The van der Waals surface area contributed by atoms with E-state index in [0.717, 1.165) is 18.8 Å². The van der Waals surface area contributed by atoms with Crippen molar-refractivity contribution in [1.82, 2.24) is 4.90 Å². The topological polar surface area (TPSA) is 99.6 Å². The number of fused-ring (bicyclic) bond motifs is 1. The van der Waals surface area contributed by atoms with Gasteiger partial charge in [0.2, 0.25) is 5.91 Å². The van der Waals surface area contributed by atoms with E-state index in [0.29, 0.717) is 31.4 Å². The van der Waals surface area contributed by atoms with Crippen LogP contribution in [0.3, 0.4) is 0 Å². The first-order chi connectivity index (χ1) is 19.2. The lowest BCUT2D eigenvalue weighted by Gasteiger charge is -2.36. The van der Waals surface area contributed by atoms with Gasteiger partial charge in [-0.15, -0.1) is 13.2 Å². The zero-order valence-electron chi connectivity index (χ0n) is 24.0. The summed E-state index contributed by atoms with van der Waals surface area (Å²) in [6.07, 6.45) is 5.76. The molecule has 40 heavy (non-hydrogen) atoms. The molecule has 1 N–H and O–H groups in total. The Morgan fingerprint density at radius 2 is 1.82 bits per heavy atom. The second-order valence-electron chi connectivity index (χ2n) is 11.0. The molecule has 5 atom stereocenters. The van der Waals surface area contributed by atoms with Gasteiger partial charge >= 0.3 is 5.97 Å². The molecule has 3 aliphatic rings. The third-order valence-electron chi connectivity index (χ3n) is 8.77. The lowest BCUT2D eigenvalue weighted by atomic mass is 9.66. The van der Waals surface area contributed by atoms with Gasteiger partial charge in [-0.25, -0.2) is 0 Å². The number of esters is 1.